The Kier molecular flexibility index (Phi) is 6.03. The van der Waals surface area contributed by atoms with Crippen molar-refractivity contribution < 1.29 is 19.1 Å². The van der Waals surface area contributed by atoms with Gasteiger partial charge in [0.25, 0.3) is 5.91 Å². The molecular formula is C15H21NO4. The summed E-state index contributed by atoms with van der Waals surface area (Å²) in [4.78, 5) is 23.1. The first-order chi connectivity index (χ1) is 9.43. The molecule has 110 valence electrons. The highest BCUT2D eigenvalue weighted by molar-refractivity contribution is 5.96. The Morgan fingerprint density at radius 3 is 2.25 bits per heavy atom. The summed E-state index contributed by atoms with van der Waals surface area (Å²) in [5.74, 6) is 0.365. The molecule has 1 unspecified atom stereocenters. The fourth-order valence-electron chi connectivity index (χ4n) is 1.48. The summed E-state index contributed by atoms with van der Waals surface area (Å²) in [6.07, 6.45) is 0. The molecule has 1 amide bonds. The number of carbonyl (C=O) groups excluding carboxylic acids is 2. The number of hydrogen-bond donors (Lipinski definition) is 1. The summed E-state index contributed by atoms with van der Waals surface area (Å²) in [6.45, 7) is 6.33. The van der Waals surface area contributed by atoms with Gasteiger partial charge in [0.05, 0.1) is 13.7 Å². The fraction of sp³-hybridized carbons (Fsp3) is 0.467. The van der Waals surface area contributed by atoms with Crippen LogP contribution in [0.3, 0.4) is 0 Å². The first-order valence-corrected chi connectivity index (χ1v) is 6.55. The highest BCUT2D eigenvalue weighted by Crippen LogP contribution is 2.13. The molecule has 1 N–H and O–H groups in total. The van der Waals surface area contributed by atoms with Gasteiger partial charge in [-0.2, -0.15) is 0 Å². The number of esters is 1. The van der Waals surface area contributed by atoms with Crippen molar-refractivity contribution in [2.24, 2.45) is 5.92 Å². The molecule has 0 bridgehead atoms. The maximum absolute atomic E-state index is 11.9. The van der Waals surface area contributed by atoms with Crippen LogP contribution < -0.4 is 10.1 Å². The summed E-state index contributed by atoms with van der Waals surface area (Å²) >= 11 is 0. The molecule has 0 radical (unpaired) electrons. The SMILES string of the molecule is COC(=O)C(C)NC(=O)c1ccc(OCC(C)C)cc1. The molecule has 0 aliphatic rings. The molecule has 5 heteroatoms. The minimum atomic E-state index is -0.677. The summed E-state index contributed by atoms with van der Waals surface area (Å²) < 4.78 is 10.1. The van der Waals surface area contributed by atoms with Gasteiger partial charge in [-0.1, -0.05) is 13.8 Å². The van der Waals surface area contributed by atoms with E-state index in [9.17, 15) is 9.59 Å². The third-order valence-electron chi connectivity index (χ3n) is 2.60. The van der Waals surface area contributed by atoms with Crippen molar-refractivity contribution in [3.63, 3.8) is 0 Å². The number of ether oxygens (including phenoxy) is 2. The van der Waals surface area contributed by atoms with E-state index in [1.807, 2.05) is 0 Å². The van der Waals surface area contributed by atoms with E-state index in [0.29, 0.717) is 18.1 Å². The van der Waals surface area contributed by atoms with Crippen LogP contribution in [0.25, 0.3) is 0 Å². The zero-order valence-corrected chi connectivity index (χ0v) is 12.3. The van der Waals surface area contributed by atoms with Crippen molar-refractivity contribution in [3.8, 4) is 5.75 Å². The molecule has 0 saturated carbocycles. The van der Waals surface area contributed by atoms with Gasteiger partial charge < -0.3 is 14.8 Å². The second kappa shape index (κ2) is 7.53. The average molecular weight is 279 g/mol. The van der Waals surface area contributed by atoms with E-state index in [4.69, 9.17) is 4.74 Å². The molecular weight excluding hydrogens is 258 g/mol. The van der Waals surface area contributed by atoms with Gasteiger partial charge in [0.1, 0.15) is 11.8 Å². The predicted octanol–water partition coefficient (Wildman–Crippen LogP) is 2.01. The molecule has 0 saturated heterocycles. The average Bonchev–Trinajstić information content (AvgIpc) is 2.44. The molecule has 0 spiro atoms. The summed E-state index contributed by atoms with van der Waals surface area (Å²) in [7, 11) is 1.28. The Morgan fingerprint density at radius 1 is 1.15 bits per heavy atom. The topological polar surface area (TPSA) is 64.6 Å². The van der Waals surface area contributed by atoms with Crippen LogP contribution in [0.15, 0.2) is 24.3 Å². The minimum Gasteiger partial charge on any atom is -0.493 e. The third-order valence-corrected chi connectivity index (χ3v) is 2.60. The Morgan fingerprint density at radius 2 is 1.75 bits per heavy atom. The van der Waals surface area contributed by atoms with E-state index in [-0.39, 0.29) is 5.91 Å². The molecule has 0 aromatic heterocycles. The Hall–Kier alpha value is -2.04. The molecule has 0 fully saturated rings. The van der Waals surface area contributed by atoms with Gasteiger partial charge in [-0.3, -0.25) is 4.79 Å². The van der Waals surface area contributed by atoms with E-state index in [0.717, 1.165) is 5.75 Å². The van der Waals surface area contributed by atoms with Crippen molar-refractivity contribution >= 4 is 11.9 Å². The van der Waals surface area contributed by atoms with E-state index in [2.05, 4.69) is 23.9 Å². The Labute approximate surface area is 119 Å². The summed E-state index contributed by atoms with van der Waals surface area (Å²) in [5.41, 5.74) is 0.470. The van der Waals surface area contributed by atoms with E-state index in [1.165, 1.54) is 7.11 Å². The lowest BCUT2D eigenvalue weighted by Crippen LogP contribution is -2.39. The number of rotatable bonds is 6. The molecule has 1 aromatic rings. The first kappa shape index (κ1) is 16.0. The van der Waals surface area contributed by atoms with Crippen LogP contribution in [0.5, 0.6) is 5.75 Å². The zero-order valence-electron chi connectivity index (χ0n) is 12.3. The summed E-state index contributed by atoms with van der Waals surface area (Å²) in [5, 5.41) is 2.56. The van der Waals surface area contributed by atoms with E-state index < -0.39 is 12.0 Å². The lowest BCUT2D eigenvalue weighted by atomic mass is 10.2. The highest BCUT2D eigenvalue weighted by Gasteiger charge is 2.16. The second-order valence-corrected chi connectivity index (χ2v) is 4.95. The molecule has 1 atom stereocenters. The molecule has 0 heterocycles. The van der Waals surface area contributed by atoms with Crippen molar-refractivity contribution in [1.82, 2.24) is 5.32 Å². The molecule has 0 aliphatic carbocycles. The van der Waals surface area contributed by atoms with Crippen LogP contribution in [0, 0.1) is 5.92 Å². The van der Waals surface area contributed by atoms with Crippen LogP contribution in [-0.4, -0.2) is 31.6 Å². The minimum absolute atomic E-state index is 0.321. The van der Waals surface area contributed by atoms with Gasteiger partial charge in [0, 0.05) is 5.56 Å². The van der Waals surface area contributed by atoms with Gasteiger partial charge in [-0.05, 0) is 37.1 Å². The quantitative estimate of drug-likeness (QED) is 0.809. The molecule has 1 aromatic carbocycles. The van der Waals surface area contributed by atoms with Gasteiger partial charge in [0.2, 0.25) is 0 Å². The third kappa shape index (κ3) is 4.91. The lowest BCUT2D eigenvalue weighted by Gasteiger charge is -2.12. The van der Waals surface area contributed by atoms with Gasteiger partial charge in [-0.15, -0.1) is 0 Å². The van der Waals surface area contributed by atoms with Crippen LogP contribution in [-0.2, 0) is 9.53 Å². The smallest absolute Gasteiger partial charge is 0.328 e. The number of benzene rings is 1. The van der Waals surface area contributed by atoms with Crippen molar-refractivity contribution in [2.75, 3.05) is 13.7 Å². The number of carbonyl (C=O) groups is 2. The second-order valence-electron chi connectivity index (χ2n) is 4.95. The van der Waals surface area contributed by atoms with Crippen LogP contribution in [0.2, 0.25) is 0 Å². The van der Waals surface area contributed by atoms with Crippen LogP contribution in [0.4, 0.5) is 0 Å². The molecule has 1 rings (SSSR count). The largest absolute Gasteiger partial charge is 0.493 e. The monoisotopic (exact) mass is 279 g/mol. The molecule has 5 nitrogen and oxygen atoms in total. The number of nitrogens with one attached hydrogen (secondary N) is 1. The lowest BCUT2D eigenvalue weighted by molar-refractivity contribution is -0.142. The van der Waals surface area contributed by atoms with E-state index >= 15 is 0 Å². The zero-order chi connectivity index (χ0) is 15.1. The normalized spacial score (nSPS) is 11.8. The standard InChI is InChI=1S/C15H21NO4/c1-10(2)9-20-13-7-5-12(6-8-13)14(17)16-11(3)15(18)19-4/h5-8,10-11H,9H2,1-4H3,(H,16,17). The fourth-order valence-corrected chi connectivity index (χ4v) is 1.48. The van der Waals surface area contributed by atoms with E-state index in [1.54, 1.807) is 31.2 Å². The first-order valence-electron chi connectivity index (χ1n) is 6.55. The predicted molar refractivity (Wildman–Crippen MR) is 75.7 cm³/mol. The van der Waals surface area contributed by atoms with Crippen molar-refractivity contribution in [3.05, 3.63) is 29.8 Å². The number of methoxy groups -OCH3 is 1. The maximum Gasteiger partial charge on any atom is 0.328 e. The van der Waals surface area contributed by atoms with Gasteiger partial charge >= 0.3 is 5.97 Å². The maximum atomic E-state index is 11.9. The van der Waals surface area contributed by atoms with Gasteiger partial charge in [0.15, 0.2) is 0 Å². The van der Waals surface area contributed by atoms with Crippen LogP contribution in [0.1, 0.15) is 31.1 Å². The van der Waals surface area contributed by atoms with Gasteiger partial charge in [-0.25, -0.2) is 4.79 Å². The molecule has 0 aliphatic heterocycles. The van der Waals surface area contributed by atoms with Crippen LogP contribution >= 0.6 is 0 Å². The number of amides is 1. The van der Waals surface area contributed by atoms with Crippen molar-refractivity contribution in [1.29, 1.82) is 0 Å². The highest BCUT2D eigenvalue weighted by atomic mass is 16.5. The summed E-state index contributed by atoms with van der Waals surface area (Å²) in [6, 6.07) is 6.12. The Balaban J connectivity index is 2.59. The Bertz CT molecular complexity index is 453. The number of hydrogen-bond acceptors (Lipinski definition) is 4. The van der Waals surface area contributed by atoms with Crippen molar-refractivity contribution in [2.45, 2.75) is 26.8 Å². The molecule has 20 heavy (non-hydrogen) atoms.